The third kappa shape index (κ3) is 4.06. The minimum absolute atomic E-state index is 0.873. The van der Waals surface area contributed by atoms with E-state index in [1.165, 1.54) is 27.8 Å². The molecular weight excluding hydrogens is 386 g/mol. The van der Waals surface area contributed by atoms with Gasteiger partial charge in [-0.25, -0.2) is 0 Å². The summed E-state index contributed by atoms with van der Waals surface area (Å²) in [5.41, 5.74) is 9.50. The number of allylic oxidation sites excluding steroid dienone is 4. The van der Waals surface area contributed by atoms with Gasteiger partial charge in [0.2, 0.25) is 0 Å². The maximum absolute atomic E-state index is 4.41. The number of fused-ring (bicyclic) bond motifs is 1. The summed E-state index contributed by atoms with van der Waals surface area (Å²) >= 11 is 0. The molecule has 0 spiro atoms. The van der Waals surface area contributed by atoms with Crippen LogP contribution in [-0.4, -0.2) is 0 Å². The average Bonchev–Trinajstić information content (AvgIpc) is 2.84. The fourth-order valence-electron chi connectivity index (χ4n) is 4.28. The van der Waals surface area contributed by atoms with Crippen molar-refractivity contribution in [2.45, 2.75) is 6.42 Å². The Labute approximate surface area is 190 Å². The van der Waals surface area contributed by atoms with Gasteiger partial charge >= 0.3 is 0 Å². The van der Waals surface area contributed by atoms with Gasteiger partial charge in [-0.2, -0.15) is 0 Å². The Morgan fingerprint density at radius 1 is 0.656 bits per heavy atom. The van der Waals surface area contributed by atoms with Gasteiger partial charge in [-0.15, -0.1) is 0 Å². The van der Waals surface area contributed by atoms with Crippen molar-refractivity contribution in [1.82, 2.24) is 0 Å². The lowest BCUT2D eigenvalue weighted by atomic mass is 9.92. The lowest BCUT2D eigenvalue weighted by Crippen LogP contribution is -2.13. The van der Waals surface area contributed by atoms with Gasteiger partial charge in [-0.1, -0.05) is 104 Å². The third-order valence-electron chi connectivity index (χ3n) is 5.82. The normalized spacial score (nSPS) is 14.9. The quantitative estimate of drug-likeness (QED) is 0.327. The molecule has 154 valence electrons. The maximum Gasteiger partial charge on any atom is 0.0536 e. The van der Waals surface area contributed by atoms with E-state index >= 15 is 0 Å². The number of benzene rings is 4. The Bertz CT molecular complexity index is 1300. The van der Waals surface area contributed by atoms with Crippen molar-refractivity contribution in [3.63, 3.8) is 0 Å². The molecule has 0 aliphatic carbocycles. The minimum Gasteiger partial charge on any atom is -0.317 e. The molecule has 0 saturated carbocycles. The van der Waals surface area contributed by atoms with Crippen molar-refractivity contribution < 1.29 is 0 Å². The largest absolute Gasteiger partial charge is 0.317 e. The molecule has 0 bridgehead atoms. The van der Waals surface area contributed by atoms with Crippen LogP contribution in [0.5, 0.6) is 0 Å². The molecule has 5 rings (SSSR count). The minimum atomic E-state index is 0.873. The van der Waals surface area contributed by atoms with Crippen molar-refractivity contribution in [2.75, 3.05) is 4.90 Å². The Kier molecular flexibility index (Phi) is 5.55. The van der Waals surface area contributed by atoms with Crippen molar-refractivity contribution in [3.8, 4) is 11.1 Å². The van der Waals surface area contributed by atoms with Crippen LogP contribution >= 0.6 is 0 Å². The van der Waals surface area contributed by atoms with E-state index in [4.69, 9.17) is 0 Å². The smallest absolute Gasteiger partial charge is 0.0536 e. The van der Waals surface area contributed by atoms with Crippen LogP contribution < -0.4 is 4.90 Å². The topological polar surface area (TPSA) is 3.24 Å². The van der Waals surface area contributed by atoms with E-state index in [-0.39, 0.29) is 0 Å². The first-order valence-electron chi connectivity index (χ1n) is 10.9. The first-order valence-corrected chi connectivity index (χ1v) is 10.9. The zero-order valence-corrected chi connectivity index (χ0v) is 18.0. The summed E-state index contributed by atoms with van der Waals surface area (Å²) in [7, 11) is 0. The molecule has 0 radical (unpaired) electrons. The van der Waals surface area contributed by atoms with Gasteiger partial charge in [0.15, 0.2) is 0 Å². The summed E-state index contributed by atoms with van der Waals surface area (Å²) in [4.78, 5) is 2.27. The van der Waals surface area contributed by atoms with E-state index < -0.39 is 0 Å². The second-order valence-corrected chi connectivity index (χ2v) is 7.99. The molecule has 32 heavy (non-hydrogen) atoms. The predicted octanol–water partition coefficient (Wildman–Crippen LogP) is 8.18. The number of hydrogen-bond donors (Lipinski definition) is 0. The molecule has 4 aromatic carbocycles. The van der Waals surface area contributed by atoms with E-state index in [1.54, 1.807) is 0 Å². The Morgan fingerprint density at radius 2 is 1.38 bits per heavy atom. The fourth-order valence-corrected chi connectivity index (χ4v) is 4.28. The standard InChI is InChI=1S/C31H25N/c1-24-12-8-9-21-32(29-19-10-17-27(23-29)26-15-6-3-7-16-26)30-20-11-18-28(31(24)30)22-25-13-4-2-5-14-25/h2-21,23H,1,22H2/b12-8-,21-9-. The molecule has 0 saturated heterocycles. The maximum atomic E-state index is 4.41. The first-order chi connectivity index (χ1) is 15.8. The summed E-state index contributed by atoms with van der Waals surface area (Å²) < 4.78 is 0. The molecule has 4 aromatic rings. The molecular formula is C31H25N. The third-order valence-corrected chi connectivity index (χ3v) is 5.82. The molecule has 1 aliphatic heterocycles. The summed E-state index contributed by atoms with van der Waals surface area (Å²) in [5.74, 6) is 0. The van der Waals surface area contributed by atoms with Crippen LogP contribution in [0.3, 0.4) is 0 Å². The highest BCUT2D eigenvalue weighted by atomic mass is 15.1. The van der Waals surface area contributed by atoms with E-state index in [1.807, 2.05) is 0 Å². The van der Waals surface area contributed by atoms with Gasteiger partial charge in [-0.05, 0) is 58.5 Å². The SMILES string of the molecule is C=C1/C=C\C=C/N(c2cccc(-c3ccccc3)c2)c2cccc(Cc3ccccc3)c21. The van der Waals surface area contributed by atoms with Gasteiger partial charge in [0.1, 0.15) is 0 Å². The van der Waals surface area contributed by atoms with Gasteiger partial charge < -0.3 is 4.90 Å². The van der Waals surface area contributed by atoms with Gasteiger partial charge in [0.25, 0.3) is 0 Å². The first kappa shape index (κ1) is 19.8. The number of anilines is 2. The van der Waals surface area contributed by atoms with Crippen molar-refractivity contribution in [1.29, 1.82) is 0 Å². The molecule has 1 nitrogen and oxygen atoms in total. The Balaban J connectivity index is 1.62. The van der Waals surface area contributed by atoms with Crippen molar-refractivity contribution in [3.05, 3.63) is 151 Å². The highest BCUT2D eigenvalue weighted by Gasteiger charge is 2.18. The summed E-state index contributed by atoms with van der Waals surface area (Å²) in [6.45, 7) is 4.41. The van der Waals surface area contributed by atoms with E-state index in [2.05, 4.69) is 139 Å². The molecule has 0 amide bonds. The number of nitrogens with zero attached hydrogens (tertiary/aromatic N) is 1. The van der Waals surface area contributed by atoms with E-state index in [9.17, 15) is 0 Å². The van der Waals surface area contributed by atoms with Crippen LogP contribution in [0, 0.1) is 0 Å². The van der Waals surface area contributed by atoms with Crippen LogP contribution in [0.25, 0.3) is 16.7 Å². The van der Waals surface area contributed by atoms with Crippen LogP contribution in [0.4, 0.5) is 11.4 Å². The molecule has 0 unspecified atom stereocenters. The lowest BCUT2D eigenvalue weighted by molar-refractivity contribution is 1.16. The lowest BCUT2D eigenvalue weighted by Gasteiger charge is -2.27. The number of rotatable bonds is 4. The molecule has 1 aliphatic rings. The van der Waals surface area contributed by atoms with Crippen LogP contribution in [0.15, 0.2) is 134 Å². The molecule has 0 atom stereocenters. The Hall–Kier alpha value is -4.10. The second-order valence-electron chi connectivity index (χ2n) is 7.99. The predicted molar refractivity (Wildman–Crippen MR) is 137 cm³/mol. The molecule has 1 heteroatoms. The van der Waals surface area contributed by atoms with E-state index in [0.29, 0.717) is 0 Å². The molecule has 0 N–H and O–H groups in total. The Morgan fingerprint density at radius 3 is 2.19 bits per heavy atom. The zero-order valence-electron chi connectivity index (χ0n) is 18.0. The van der Waals surface area contributed by atoms with Crippen molar-refractivity contribution >= 4 is 16.9 Å². The monoisotopic (exact) mass is 411 g/mol. The van der Waals surface area contributed by atoms with Gasteiger partial charge in [-0.3, -0.25) is 0 Å². The highest BCUT2D eigenvalue weighted by molar-refractivity contribution is 5.88. The number of hydrogen-bond acceptors (Lipinski definition) is 1. The average molecular weight is 412 g/mol. The molecule has 0 aromatic heterocycles. The van der Waals surface area contributed by atoms with Crippen LogP contribution in [0.2, 0.25) is 0 Å². The zero-order chi connectivity index (χ0) is 21.8. The van der Waals surface area contributed by atoms with Crippen molar-refractivity contribution in [2.24, 2.45) is 0 Å². The van der Waals surface area contributed by atoms with Crippen LogP contribution in [-0.2, 0) is 6.42 Å². The summed E-state index contributed by atoms with van der Waals surface area (Å²) in [5, 5.41) is 0. The van der Waals surface area contributed by atoms with Crippen LogP contribution in [0.1, 0.15) is 16.7 Å². The van der Waals surface area contributed by atoms with Gasteiger partial charge in [0, 0.05) is 17.5 Å². The highest BCUT2D eigenvalue weighted by Crippen LogP contribution is 2.38. The second kappa shape index (κ2) is 8.95. The molecule has 1 heterocycles. The summed E-state index contributed by atoms with van der Waals surface area (Å²) in [6.07, 6.45) is 9.25. The van der Waals surface area contributed by atoms with Gasteiger partial charge in [0.05, 0.1) is 5.69 Å². The fraction of sp³-hybridized carbons (Fsp3) is 0.0323. The molecule has 0 fully saturated rings. The summed E-state index contributed by atoms with van der Waals surface area (Å²) in [6, 6.07) is 36.4. The van der Waals surface area contributed by atoms with E-state index in [0.717, 1.165) is 23.4 Å².